The monoisotopic (exact) mass is 417 g/mol. The van der Waals surface area contributed by atoms with Crippen LogP contribution in [0.15, 0.2) is 54.9 Å². The molecule has 0 saturated carbocycles. The van der Waals surface area contributed by atoms with Gasteiger partial charge in [0.05, 0.1) is 6.10 Å². The molecule has 0 radical (unpaired) electrons. The van der Waals surface area contributed by atoms with Crippen molar-refractivity contribution < 1.29 is 14.3 Å². The lowest BCUT2D eigenvalue weighted by Crippen LogP contribution is -2.08. The normalized spacial score (nSPS) is 11.2. The Bertz CT molecular complexity index is 998. The Morgan fingerprint density at radius 1 is 1.07 bits per heavy atom. The van der Waals surface area contributed by atoms with E-state index in [1.807, 2.05) is 0 Å². The summed E-state index contributed by atoms with van der Waals surface area (Å²) >= 11 is 12.1. The van der Waals surface area contributed by atoms with Gasteiger partial charge in [-0.1, -0.05) is 23.2 Å². The Morgan fingerprint density at radius 2 is 1.82 bits per heavy atom. The summed E-state index contributed by atoms with van der Waals surface area (Å²) in [5.41, 5.74) is 0.674. The zero-order valence-corrected chi connectivity index (χ0v) is 16.7. The van der Waals surface area contributed by atoms with Crippen molar-refractivity contribution in [3.63, 3.8) is 0 Å². The highest BCUT2D eigenvalue weighted by Crippen LogP contribution is 2.30. The summed E-state index contributed by atoms with van der Waals surface area (Å²) in [5.74, 6) is 1.15. The molecule has 0 N–H and O–H groups in total. The van der Waals surface area contributed by atoms with Crippen LogP contribution in [-0.4, -0.2) is 26.8 Å². The molecule has 0 fully saturated rings. The minimum Gasteiger partial charge on any atom is -0.460 e. The van der Waals surface area contributed by atoms with Crippen molar-refractivity contribution in [2.45, 2.75) is 20.0 Å². The van der Waals surface area contributed by atoms with Gasteiger partial charge in [0.1, 0.15) is 17.8 Å². The van der Waals surface area contributed by atoms with Crippen LogP contribution in [0.3, 0.4) is 0 Å². The quantitative estimate of drug-likeness (QED) is 0.393. The summed E-state index contributed by atoms with van der Waals surface area (Å²) in [5, 5.41) is 5.42. The fourth-order valence-electron chi connectivity index (χ4n) is 2.28. The van der Waals surface area contributed by atoms with Crippen molar-refractivity contribution in [3.05, 3.63) is 64.9 Å². The molecule has 0 aliphatic carbocycles. The molecule has 28 heavy (non-hydrogen) atoms. The van der Waals surface area contributed by atoms with E-state index in [0.29, 0.717) is 32.9 Å². The van der Waals surface area contributed by atoms with E-state index in [-0.39, 0.29) is 6.10 Å². The van der Waals surface area contributed by atoms with Gasteiger partial charge in [-0.2, -0.15) is 0 Å². The van der Waals surface area contributed by atoms with E-state index in [2.05, 4.69) is 10.1 Å². The highest BCUT2D eigenvalue weighted by Gasteiger charge is 2.09. The summed E-state index contributed by atoms with van der Waals surface area (Å²) in [6.07, 6.45) is 4.05. The van der Waals surface area contributed by atoms with Gasteiger partial charge in [-0.15, -0.1) is 5.10 Å². The lowest BCUT2D eigenvalue weighted by Gasteiger charge is -2.07. The maximum absolute atomic E-state index is 11.6. The summed E-state index contributed by atoms with van der Waals surface area (Å²) in [4.78, 5) is 15.8. The Kier molecular flexibility index (Phi) is 6.34. The van der Waals surface area contributed by atoms with Crippen molar-refractivity contribution >= 4 is 35.4 Å². The number of carbonyl (C=O) groups is 1. The average molecular weight is 418 g/mol. The molecule has 3 aromatic rings. The number of aromatic nitrogens is 3. The van der Waals surface area contributed by atoms with Crippen LogP contribution in [0.5, 0.6) is 11.5 Å². The van der Waals surface area contributed by atoms with Gasteiger partial charge in [-0.3, -0.25) is 0 Å². The Labute approximate surface area is 172 Å². The average Bonchev–Trinajstić information content (AvgIpc) is 3.10. The number of esters is 1. The molecule has 1 heterocycles. The van der Waals surface area contributed by atoms with Gasteiger partial charge in [-0.05, 0) is 56.3 Å². The number of halogens is 2. The zero-order valence-electron chi connectivity index (χ0n) is 15.2. The van der Waals surface area contributed by atoms with Crippen LogP contribution in [0.1, 0.15) is 13.8 Å². The lowest BCUT2D eigenvalue weighted by molar-refractivity contribution is -0.141. The van der Waals surface area contributed by atoms with Crippen LogP contribution in [0.25, 0.3) is 17.6 Å². The molecule has 2 aromatic carbocycles. The standard InChI is InChI=1S/C20H17Cl2N3O3/c1-13(2)27-19(26)7-8-25-12-23-20(24-25)14-9-16(22)11-18(10-14)28-17-5-3-15(21)4-6-17/h3-13H,1-2H3/b8-7-. The first-order valence-electron chi connectivity index (χ1n) is 8.43. The third-order valence-electron chi connectivity index (χ3n) is 3.40. The lowest BCUT2D eigenvalue weighted by atomic mass is 10.2. The molecular formula is C20H17Cl2N3O3. The predicted molar refractivity (Wildman–Crippen MR) is 109 cm³/mol. The van der Waals surface area contributed by atoms with E-state index in [1.165, 1.54) is 23.3 Å². The molecular weight excluding hydrogens is 401 g/mol. The molecule has 0 atom stereocenters. The van der Waals surface area contributed by atoms with Crippen molar-refractivity contribution in [3.8, 4) is 22.9 Å². The van der Waals surface area contributed by atoms with Gasteiger partial charge in [0, 0.05) is 27.9 Å². The Balaban J connectivity index is 1.77. The maximum atomic E-state index is 11.6. The second-order valence-corrected chi connectivity index (χ2v) is 6.95. The van der Waals surface area contributed by atoms with E-state index < -0.39 is 5.97 Å². The van der Waals surface area contributed by atoms with Crippen LogP contribution in [0, 0.1) is 0 Å². The van der Waals surface area contributed by atoms with Crippen LogP contribution < -0.4 is 4.74 Å². The number of rotatable bonds is 6. The number of carbonyl (C=O) groups excluding carboxylic acids is 1. The van der Waals surface area contributed by atoms with Crippen LogP contribution in [0.4, 0.5) is 0 Å². The fourth-order valence-corrected chi connectivity index (χ4v) is 2.63. The van der Waals surface area contributed by atoms with Crippen molar-refractivity contribution in [2.24, 2.45) is 0 Å². The van der Waals surface area contributed by atoms with E-state index >= 15 is 0 Å². The van der Waals surface area contributed by atoms with Crippen LogP contribution in [-0.2, 0) is 9.53 Å². The first-order valence-corrected chi connectivity index (χ1v) is 9.19. The zero-order chi connectivity index (χ0) is 20.1. The number of hydrogen-bond acceptors (Lipinski definition) is 5. The highest BCUT2D eigenvalue weighted by atomic mass is 35.5. The Morgan fingerprint density at radius 3 is 2.54 bits per heavy atom. The second kappa shape index (κ2) is 8.91. The van der Waals surface area contributed by atoms with Gasteiger partial charge in [0.2, 0.25) is 0 Å². The summed E-state index contributed by atoms with van der Waals surface area (Å²) in [7, 11) is 0. The van der Waals surface area contributed by atoms with Gasteiger partial charge in [0.15, 0.2) is 5.82 Å². The Hall–Kier alpha value is -2.83. The minimum atomic E-state index is -0.451. The topological polar surface area (TPSA) is 66.2 Å². The van der Waals surface area contributed by atoms with Crippen LogP contribution >= 0.6 is 23.2 Å². The molecule has 0 amide bonds. The largest absolute Gasteiger partial charge is 0.460 e. The smallest absolute Gasteiger partial charge is 0.332 e. The van der Waals surface area contributed by atoms with Crippen LogP contribution in [0.2, 0.25) is 10.0 Å². The predicted octanol–water partition coefficient (Wildman–Crippen LogP) is 5.47. The molecule has 1 aromatic heterocycles. The van der Waals surface area contributed by atoms with Crippen molar-refractivity contribution in [1.29, 1.82) is 0 Å². The fraction of sp³-hybridized carbons (Fsp3) is 0.150. The van der Waals surface area contributed by atoms with Gasteiger partial charge < -0.3 is 9.47 Å². The van der Waals surface area contributed by atoms with E-state index in [9.17, 15) is 4.79 Å². The molecule has 0 saturated heterocycles. The van der Waals surface area contributed by atoms with E-state index in [0.717, 1.165) is 0 Å². The first-order chi connectivity index (χ1) is 13.4. The molecule has 0 aliphatic heterocycles. The summed E-state index contributed by atoms with van der Waals surface area (Å²) in [6, 6.07) is 12.2. The SMILES string of the molecule is CC(C)OC(=O)/C=C\n1cnc(-c2cc(Cl)cc(Oc3ccc(Cl)cc3)c2)n1. The third kappa shape index (κ3) is 5.58. The van der Waals surface area contributed by atoms with Gasteiger partial charge in [-0.25, -0.2) is 14.5 Å². The maximum Gasteiger partial charge on any atom is 0.332 e. The molecule has 0 spiro atoms. The van der Waals surface area contributed by atoms with Gasteiger partial charge in [0.25, 0.3) is 0 Å². The minimum absolute atomic E-state index is 0.186. The number of hydrogen-bond donors (Lipinski definition) is 0. The number of ether oxygens (including phenoxy) is 2. The molecule has 0 aliphatic rings. The molecule has 144 valence electrons. The number of nitrogens with zero attached hydrogens (tertiary/aromatic N) is 3. The van der Waals surface area contributed by atoms with E-state index in [4.69, 9.17) is 32.7 Å². The van der Waals surface area contributed by atoms with Crippen molar-refractivity contribution in [2.75, 3.05) is 0 Å². The highest BCUT2D eigenvalue weighted by molar-refractivity contribution is 6.31. The third-order valence-corrected chi connectivity index (χ3v) is 3.87. The molecule has 8 heteroatoms. The molecule has 3 rings (SSSR count). The summed E-state index contributed by atoms with van der Waals surface area (Å²) in [6.45, 7) is 3.56. The second-order valence-electron chi connectivity index (χ2n) is 6.08. The van der Waals surface area contributed by atoms with E-state index in [1.54, 1.807) is 56.3 Å². The van der Waals surface area contributed by atoms with Gasteiger partial charge >= 0.3 is 5.97 Å². The molecule has 0 unspecified atom stereocenters. The molecule has 6 nitrogen and oxygen atoms in total. The summed E-state index contributed by atoms with van der Waals surface area (Å²) < 4.78 is 12.3. The number of benzene rings is 2. The van der Waals surface area contributed by atoms with Crippen molar-refractivity contribution in [1.82, 2.24) is 14.8 Å². The molecule has 0 bridgehead atoms. The first kappa shape index (κ1) is 19.9.